The maximum Gasteiger partial charge on any atom is 0.267 e. The molecule has 3 aromatic carbocycles. The van der Waals surface area contributed by atoms with Gasteiger partial charge in [0.25, 0.3) is 5.91 Å². The van der Waals surface area contributed by atoms with E-state index >= 15 is 0 Å². The van der Waals surface area contributed by atoms with Gasteiger partial charge in [0.1, 0.15) is 5.75 Å². The van der Waals surface area contributed by atoms with Crippen LogP contribution in [0.25, 0.3) is 6.08 Å². The van der Waals surface area contributed by atoms with Gasteiger partial charge in [-0.25, -0.2) is 0 Å². The van der Waals surface area contributed by atoms with Crippen LogP contribution in [-0.2, 0) is 17.9 Å². The van der Waals surface area contributed by atoms with Crippen molar-refractivity contribution in [2.24, 2.45) is 4.99 Å². The highest BCUT2D eigenvalue weighted by Gasteiger charge is 2.33. The minimum Gasteiger partial charge on any atom is -0.506 e. The van der Waals surface area contributed by atoms with E-state index in [0.29, 0.717) is 32.1 Å². The third-order valence-electron chi connectivity index (χ3n) is 4.65. The summed E-state index contributed by atoms with van der Waals surface area (Å²) in [4.78, 5) is 20.3. The van der Waals surface area contributed by atoms with Crippen LogP contribution < -0.4 is 0 Å². The SMILES string of the molecule is O=C1/C(=C\c2cc(Br)c(O)c(Br)c2)SC(=NCc2ccccc2)N1Cc1ccccc1. The second-order valence-corrected chi connectivity index (χ2v) is 9.62. The Morgan fingerprint density at radius 2 is 1.52 bits per heavy atom. The fourth-order valence-electron chi connectivity index (χ4n) is 3.09. The molecule has 0 aliphatic carbocycles. The summed E-state index contributed by atoms with van der Waals surface area (Å²) in [6, 6.07) is 23.4. The number of aliphatic imine (C=N–C) groups is 1. The molecule has 1 heterocycles. The summed E-state index contributed by atoms with van der Waals surface area (Å²) in [5.74, 6) is 0.0457. The van der Waals surface area contributed by atoms with Crippen LogP contribution >= 0.6 is 43.6 Å². The van der Waals surface area contributed by atoms with E-state index in [2.05, 4.69) is 31.9 Å². The Bertz CT molecular complexity index is 1140. The van der Waals surface area contributed by atoms with E-state index < -0.39 is 0 Å². The third kappa shape index (κ3) is 5.29. The van der Waals surface area contributed by atoms with E-state index in [1.54, 1.807) is 17.0 Å². The fraction of sp³-hybridized carbons (Fsp3) is 0.0833. The van der Waals surface area contributed by atoms with E-state index in [4.69, 9.17) is 4.99 Å². The summed E-state index contributed by atoms with van der Waals surface area (Å²) in [5.41, 5.74) is 2.93. The van der Waals surface area contributed by atoms with Crippen LogP contribution in [0.5, 0.6) is 5.75 Å². The minimum atomic E-state index is -0.0824. The van der Waals surface area contributed by atoms with Crippen molar-refractivity contribution in [3.05, 3.63) is 103 Å². The molecule has 0 bridgehead atoms. The zero-order valence-electron chi connectivity index (χ0n) is 16.3. The van der Waals surface area contributed by atoms with Gasteiger partial charge in [0, 0.05) is 0 Å². The number of aromatic hydroxyl groups is 1. The molecule has 0 saturated carbocycles. The Balaban J connectivity index is 1.66. The third-order valence-corrected chi connectivity index (χ3v) is 6.90. The van der Waals surface area contributed by atoms with Gasteiger partial charge in [0.2, 0.25) is 0 Å². The van der Waals surface area contributed by atoms with Gasteiger partial charge >= 0.3 is 0 Å². The number of carbonyl (C=O) groups excluding carboxylic acids is 1. The molecule has 4 nitrogen and oxygen atoms in total. The summed E-state index contributed by atoms with van der Waals surface area (Å²) in [6.07, 6.45) is 1.82. The lowest BCUT2D eigenvalue weighted by Gasteiger charge is -2.15. The average molecular weight is 558 g/mol. The van der Waals surface area contributed by atoms with Gasteiger partial charge in [-0.15, -0.1) is 0 Å². The van der Waals surface area contributed by atoms with E-state index in [0.717, 1.165) is 16.7 Å². The molecule has 1 saturated heterocycles. The Kier molecular flexibility index (Phi) is 6.95. The number of thioether (sulfide) groups is 1. The van der Waals surface area contributed by atoms with Crippen molar-refractivity contribution < 1.29 is 9.90 Å². The van der Waals surface area contributed by atoms with Gasteiger partial charge in [0.15, 0.2) is 5.17 Å². The molecule has 7 heteroatoms. The van der Waals surface area contributed by atoms with Crippen LogP contribution in [0.15, 0.2) is 91.6 Å². The van der Waals surface area contributed by atoms with Crippen molar-refractivity contribution in [1.82, 2.24) is 4.90 Å². The molecule has 4 rings (SSSR count). The van der Waals surface area contributed by atoms with Gasteiger partial charge in [-0.1, -0.05) is 60.7 Å². The number of hydrogen-bond donors (Lipinski definition) is 1. The Morgan fingerprint density at radius 3 is 2.13 bits per heavy atom. The molecule has 0 radical (unpaired) electrons. The maximum absolute atomic E-state index is 13.3. The molecule has 0 spiro atoms. The standard InChI is InChI=1S/C24H18Br2N2O2S/c25-19-11-18(12-20(26)22(19)29)13-21-23(30)28(15-17-9-5-2-6-10-17)24(31-21)27-14-16-7-3-1-4-8-16/h1-13,29H,14-15H2/b21-13+,27-24?. The van der Waals surface area contributed by atoms with E-state index in [-0.39, 0.29) is 11.7 Å². The van der Waals surface area contributed by atoms with Gasteiger partial charge in [-0.05, 0) is 78.5 Å². The van der Waals surface area contributed by atoms with Crippen molar-refractivity contribution in [2.75, 3.05) is 0 Å². The molecule has 156 valence electrons. The highest BCUT2D eigenvalue weighted by Crippen LogP contribution is 2.37. The van der Waals surface area contributed by atoms with Crippen molar-refractivity contribution in [3.63, 3.8) is 0 Å². The quantitative estimate of drug-likeness (QED) is 0.360. The predicted octanol–water partition coefficient (Wildman–Crippen LogP) is 6.59. The molecular formula is C24H18Br2N2O2S. The first kappa shape index (κ1) is 21.9. The maximum atomic E-state index is 13.3. The number of amidine groups is 1. The molecule has 0 atom stereocenters. The lowest BCUT2D eigenvalue weighted by Crippen LogP contribution is -2.28. The summed E-state index contributed by atoms with van der Waals surface area (Å²) in [6.45, 7) is 0.964. The summed E-state index contributed by atoms with van der Waals surface area (Å²) >= 11 is 8.06. The number of nitrogens with zero attached hydrogens (tertiary/aromatic N) is 2. The monoisotopic (exact) mass is 556 g/mol. The molecule has 3 aromatic rings. The zero-order chi connectivity index (χ0) is 21.8. The molecular weight excluding hydrogens is 540 g/mol. The second-order valence-electron chi connectivity index (χ2n) is 6.91. The number of carbonyl (C=O) groups is 1. The predicted molar refractivity (Wildman–Crippen MR) is 134 cm³/mol. The van der Waals surface area contributed by atoms with Gasteiger partial charge in [-0.3, -0.25) is 14.7 Å². The van der Waals surface area contributed by atoms with Crippen molar-refractivity contribution in [2.45, 2.75) is 13.1 Å². The molecule has 1 aliphatic heterocycles. The van der Waals surface area contributed by atoms with Crippen LogP contribution in [0.2, 0.25) is 0 Å². The van der Waals surface area contributed by atoms with Gasteiger partial charge < -0.3 is 5.11 Å². The average Bonchev–Trinajstić information content (AvgIpc) is 3.06. The molecule has 31 heavy (non-hydrogen) atoms. The van der Waals surface area contributed by atoms with Crippen LogP contribution in [0.1, 0.15) is 16.7 Å². The highest BCUT2D eigenvalue weighted by atomic mass is 79.9. The van der Waals surface area contributed by atoms with E-state index in [9.17, 15) is 9.90 Å². The first-order valence-corrected chi connectivity index (χ1v) is 11.9. The van der Waals surface area contributed by atoms with E-state index in [1.165, 1.54) is 11.8 Å². The lowest BCUT2D eigenvalue weighted by molar-refractivity contribution is -0.122. The molecule has 0 aromatic heterocycles. The van der Waals surface area contributed by atoms with Crippen molar-refractivity contribution in [1.29, 1.82) is 0 Å². The summed E-state index contributed by atoms with van der Waals surface area (Å²) < 4.78 is 1.12. The smallest absolute Gasteiger partial charge is 0.267 e. The summed E-state index contributed by atoms with van der Waals surface area (Å²) in [5, 5.41) is 10.6. The van der Waals surface area contributed by atoms with Gasteiger partial charge in [-0.2, -0.15) is 0 Å². The number of phenols is 1. The van der Waals surface area contributed by atoms with Crippen LogP contribution in [0.3, 0.4) is 0 Å². The lowest BCUT2D eigenvalue weighted by atomic mass is 10.2. The fourth-order valence-corrected chi connectivity index (χ4v) is 5.29. The topological polar surface area (TPSA) is 52.9 Å². The zero-order valence-corrected chi connectivity index (χ0v) is 20.3. The molecule has 1 N–H and O–H groups in total. The number of rotatable bonds is 5. The normalized spacial score (nSPS) is 16.5. The van der Waals surface area contributed by atoms with Crippen LogP contribution in [0.4, 0.5) is 0 Å². The molecule has 1 aliphatic rings. The number of hydrogen-bond acceptors (Lipinski definition) is 4. The van der Waals surface area contributed by atoms with E-state index in [1.807, 2.05) is 66.7 Å². The van der Waals surface area contributed by atoms with Crippen molar-refractivity contribution in [3.8, 4) is 5.75 Å². The highest BCUT2D eigenvalue weighted by molar-refractivity contribution is 9.11. The number of benzene rings is 3. The molecule has 1 fully saturated rings. The Hall–Kier alpha value is -2.35. The van der Waals surface area contributed by atoms with Crippen LogP contribution in [-0.4, -0.2) is 21.1 Å². The first-order valence-electron chi connectivity index (χ1n) is 9.53. The Labute approximate surface area is 202 Å². The number of halogens is 2. The van der Waals surface area contributed by atoms with Crippen molar-refractivity contribution >= 4 is 60.8 Å². The Morgan fingerprint density at radius 1 is 0.935 bits per heavy atom. The molecule has 0 unspecified atom stereocenters. The van der Waals surface area contributed by atoms with Crippen LogP contribution in [0, 0.1) is 0 Å². The molecule has 1 amide bonds. The largest absolute Gasteiger partial charge is 0.506 e. The number of amides is 1. The number of phenolic OH excluding ortho intramolecular Hbond substituents is 1. The summed E-state index contributed by atoms with van der Waals surface area (Å²) in [7, 11) is 0. The van der Waals surface area contributed by atoms with Gasteiger partial charge in [0.05, 0.1) is 26.9 Å². The minimum absolute atomic E-state index is 0.0824. The first-order chi connectivity index (χ1) is 15.0. The second kappa shape index (κ2) is 9.85.